The van der Waals surface area contributed by atoms with Gasteiger partial charge in [-0.15, -0.1) is 0 Å². The van der Waals surface area contributed by atoms with Crippen LogP contribution in [0.1, 0.15) is 32.1 Å². The minimum Gasteiger partial charge on any atom is -0.385 e. The zero-order valence-corrected chi connectivity index (χ0v) is 12.0. The van der Waals surface area contributed by atoms with Crippen LogP contribution in [-0.4, -0.2) is 56.9 Å². The second kappa shape index (κ2) is 6.32. The first-order chi connectivity index (χ1) is 8.64. The maximum atomic E-state index is 12.4. The van der Waals surface area contributed by atoms with Gasteiger partial charge < -0.3 is 4.74 Å². The fourth-order valence-corrected chi connectivity index (χ4v) is 4.64. The van der Waals surface area contributed by atoms with Gasteiger partial charge in [0, 0.05) is 39.9 Å². The molecule has 0 aromatic heterocycles. The van der Waals surface area contributed by atoms with Crippen molar-refractivity contribution in [1.82, 2.24) is 8.61 Å². The molecule has 0 amide bonds. The van der Waals surface area contributed by atoms with Gasteiger partial charge in [0.05, 0.1) is 0 Å². The Morgan fingerprint density at radius 1 is 1.11 bits per heavy atom. The van der Waals surface area contributed by atoms with E-state index >= 15 is 0 Å². The molecule has 2 rings (SSSR count). The largest absolute Gasteiger partial charge is 0.385 e. The Balaban J connectivity index is 1.94. The third kappa shape index (κ3) is 3.23. The van der Waals surface area contributed by atoms with Gasteiger partial charge in [0.2, 0.25) is 0 Å². The highest BCUT2D eigenvalue weighted by atomic mass is 32.2. The van der Waals surface area contributed by atoms with Crippen LogP contribution in [0.3, 0.4) is 0 Å². The van der Waals surface area contributed by atoms with Crippen molar-refractivity contribution in [3.8, 4) is 0 Å². The Morgan fingerprint density at radius 2 is 1.78 bits per heavy atom. The van der Waals surface area contributed by atoms with E-state index in [2.05, 4.69) is 0 Å². The van der Waals surface area contributed by atoms with Crippen molar-refractivity contribution in [1.29, 1.82) is 0 Å². The van der Waals surface area contributed by atoms with Crippen LogP contribution in [0, 0.1) is 5.92 Å². The molecule has 6 heteroatoms. The molecule has 2 heterocycles. The van der Waals surface area contributed by atoms with E-state index in [1.165, 1.54) is 0 Å². The van der Waals surface area contributed by atoms with Gasteiger partial charge in [-0.3, -0.25) is 0 Å². The van der Waals surface area contributed by atoms with Gasteiger partial charge in [-0.1, -0.05) is 0 Å². The van der Waals surface area contributed by atoms with Gasteiger partial charge in [0.15, 0.2) is 0 Å². The molecule has 2 aliphatic rings. The third-order valence-electron chi connectivity index (χ3n) is 3.93. The molecule has 0 spiro atoms. The summed E-state index contributed by atoms with van der Waals surface area (Å²) in [6, 6.07) is 0. The van der Waals surface area contributed by atoms with E-state index in [1.54, 1.807) is 15.7 Å². The summed E-state index contributed by atoms with van der Waals surface area (Å²) >= 11 is 0. The number of rotatable bonds is 5. The summed E-state index contributed by atoms with van der Waals surface area (Å²) in [5.41, 5.74) is 0. The molecule has 1 atom stereocenters. The SMILES string of the molecule is COCCC1CCCN(S(=O)(=O)N2CCCC2)C1. The van der Waals surface area contributed by atoms with E-state index in [0.29, 0.717) is 32.1 Å². The van der Waals surface area contributed by atoms with Gasteiger partial charge in [-0.2, -0.15) is 17.0 Å². The fraction of sp³-hybridized carbons (Fsp3) is 1.00. The number of hydrogen-bond acceptors (Lipinski definition) is 3. The number of nitrogens with zero attached hydrogens (tertiary/aromatic N) is 2. The summed E-state index contributed by atoms with van der Waals surface area (Å²) in [4.78, 5) is 0. The number of hydrogen-bond donors (Lipinski definition) is 0. The molecule has 0 bridgehead atoms. The zero-order chi connectivity index (χ0) is 13.0. The average Bonchev–Trinajstić information content (AvgIpc) is 2.91. The molecule has 0 N–H and O–H groups in total. The number of piperidine rings is 1. The molecule has 0 aromatic rings. The summed E-state index contributed by atoms with van der Waals surface area (Å²) < 4.78 is 33.3. The van der Waals surface area contributed by atoms with Crippen molar-refractivity contribution in [2.75, 3.05) is 39.9 Å². The van der Waals surface area contributed by atoms with Crippen LogP contribution in [-0.2, 0) is 14.9 Å². The Labute approximate surface area is 110 Å². The normalized spacial score (nSPS) is 27.7. The zero-order valence-electron chi connectivity index (χ0n) is 11.2. The summed E-state index contributed by atoms with van der Waals surface area (Å²) in [6.45, 7) is 3.47. The number of methoxy groups -OCH3 is 1. The van der Waals surface area contributed by atoms with Crippen LogP contribution in [0.15, 0.2) is 0 Å². The summed E-state index contributed by atoms with van der Waals surface area (Å²) in [7, 11) is -1.50. The second-order valence-corrected chi connectivity index (χ2v) is 7.19. The van der Waals surface area contributed by atoms with Crippen molar-refractivity contribution >= 4 is 10.2 Å². The average molecular weight is 276 g/mol. The van der Waals surface area contributed by atoms with E-state index in [4.69, 9.17) is 4.74 Å². The quantitative estimate of drug-likeness (QED) is 0.755. The lowest BCUT2D eigenvalue weighted by atomic mass is 9.97. The predicted octanol–water partition coefficient (Wildman–Crippen LogP) is 1.08. The molecule has 2 aliphatic heterocycles. The van der Waals surface area contributed by atoms with Gasteiger partial charge in [0.25, 0.3) is 10.2 Å². The lowest BCUT2D eigenvalue weighted by molar-refractivity contribution is 0.154. The van der Waals surface area contributed by atoms with E-state index in [-0.39, 0.29) is 0 Å². The van der Waals surface area contributed by atoms with Crippen molar-refractivity contribution in [3.63, 3.8) is 0 Å². The molecule has 0 radical (unpaired) electrons. The highest BCUT2D eigenvalue weighted by Crippen LogP contribution is 2.25. The van der Waals surface area contributed by atoms with Crippen molar-refractivity contribution in [3.05, 3.63) is 0 Å². The molecule has 18 heavy (non-hydrogen) atoms. The lowest BCUT2D eigenvalue weighted by Crippen LogP contribution is -2.47. The second-order valence-electron chi connectivity index (χ2n) is 5.26. The van der Waals surface area contributed by atoms with Gasteiger partial charge in [-0.05, 0) is 38.0 Å². The highest BCUT2D eigenvalue weighted by Gasteiger charge is 2.34. The number of ether oxygens (including phenoxy) is 1. The molecule has 0 aromatic carbocycles. The van der Waals surface area contributed by atoms with Crippen LogP contribution < -0.4 is 0 Å². The Kier molecular flexibility index (Phi) is 5.00. The fourth-order valence-electron chi connectivity index (χ4n) is 2.84. The van der Waals surface area contributed by atoms with E-state index < -0.39 is 10.2 Å². The molecular formula is C12H24N2O3S. The summed E-state index contributed by atoms with van der Waals surface area (Å²) in [6.07, 6.45) is 5.06. The maximum absolute atomic E-state index is 12.4. The monoisotopic (exact) mass is 276 g/mol. The summed E-state index contributed by atoms with van der Waals surface area (Å²) in [5, 5.41) is 0. The minimum atomic E-state index is -3.19. The summed E-state index contributed by atoms with van der Waals surface area (Å²) in [5.74, 6) is 0.455. The lowest BCUT2D eigenvalue weighted by Gasteiger charge is -2.34. The molecule has 5 nitrogen and oxygen atoms in total. The van der Waals surface area contributed by atoms with Gasteiger partial charge in [-0.25, -0.2) is 0 Å². The van der Waals surface area contributed by atoms with Crippen LogP contribution >= 0.6 is 0 Å². The van der Waals surface area contributed by atoms with Crippen molar-refractivity contribution < 1.29 is 13.2 Å². The van der Waals surface area contributed by atoms with Gasteiger partial charge in [0.1, 0.15) is 0 Å². The van der Waals surface area contributed by atoms with E-state index in [0.717, 1.165) is 38.7 Å². The van der Waals surface area contributed by atoms with Crippen LogP contribution in [0.5, 0.6) is 0 Å². The van der Waals surface area contributed by atoms with E-state index in [9.17, 15) is 8.42 Å². The predicted molar refractivity (Wildman–Crippen MR) is 70.5 cm³/mol. The van der Waals surface area contributed by atoms with Crippen LogP contribution in [0.2, 0.25) is 0 Å². The Bertz CT molecular complexity index is 352. The third-order valence-corrected chi connectivity index (χ3v) is 5.93. The van der Waals surface area contributed by atoms with Crippen LogP contribution in [0.25, 0.3) is 0 Å². The molecule has 1 unspecified atom stereocenters. The van der Waals surface area contributed by atoms with E-state index in [1.807, 2.05) is 0 Å². The molecule has 0 aliphatic carbocycles. The van der Waals surface area contributed by atoms with Crippen LogP contribution in [0.4, 0.5) is 0 Å². The first kappa shape index (κ1) is 14.2. The molecular weight excluding hydrogens is 252 g/mol. The topological polar surface area (TPSA) is 49.9 Å². The molecule has 2 saturated heterocycles. The first-order valence-electron chi connectivity index (χ1n) is 6.89. The maximum Gasteiger partial charge on any atom is 0.281 e. The standard InChI is InChI=1S/C12H24N2O3S/c1-17-10-6-12-5-4-9-14(11-12)18(15,16)13-7-2-3-8-13/h12H,2-11H2,1H3. The van der Waals surface area contributed by atoms with Crippen molar-refractivity contribution in [2.24, 2.45) is 5.92 Å². The Hall–Kier alpha value is -0.170. The molecule has 0 saturated carbocycles. The molecule has 2 fully saturated rings. The Morgan fingerprint density at radius 3 is 2.44 bits per heavy atom. The van der Waals surface area contributed by atoms with Gasteiger partial charge >= 0.3 is 0 Å². The van der Waals surface area contributed by atoms with Crippen molar-refractivity contribution in [2.45, 2.75) is 32.1 Å². The molecule has 106 valence electrons. The smallest absolute Gasteiger partial charge is 0.281 e. The highest BCUT2D eigenvalue weighted by molar-refractivity contribution is 7.86. The first-order valence-corrected chi connectivity index (χ1v) is 8.28. The minimum absolute atomic E-state index is 0.455.